The van der Waals surface area contributed by atoms with E-state index in [1.807, 2.05) is 20.0 Å². The summed E-state index contributed by atoms with van der Waals surface area (Å²) in [6, 6.07) is 4.74. The van der Waals surface area contributed by atoms with Gasteiger partial charge in [-0.3, -0.25) is 0 Å². The summed E-state index contributed by atoms with van der Waals surface area (Å²) >= 11 is 0. The largest absolute Gasteiger partial charge is 0.390 e. The molecular weight excluding hydrogens is 339 g/mol. The van der Waals surface area contributed by atoms with Gasteiger partial charge in [0.15, 0.2) is 0 Å². The number of anilines is 1. The number of halogens is 1. The summed E-state index contributed by atoms with van der Waals surface area (Å²) < 4.78 is 13.7. The van der Waals surface area contributed by atoms with Crippen LogP contribution in [0, 0.1) is 22.6 Å². The van der Waals surface area contributed by atoms with Crippen molar-refractivity contribution < 1.29 is 4.39 Å². The second-order valence-electron chi connectivity index (χ2n) is 7.69. The van der Waals surface area contributed by atoms with E-state index in [1.165, 1.54) is 18.9 Å². The zero-order valence-electron chi connectivity index (χ0n) is 16.7. The molecule has 1 aliphatic rings. The minimum absolute atomic E-state index is 0.172. The Morgan fingerprint density at radius 3 is 2.52 bits per heavy atom. The highest BCUT2D eigenvalue weighted by Crippen LogP contribution is 2.28. The third-order valence-electron chi connectivity index (χ3n) is 4.56. The maximum absolute atomic E-state index is 13.7. The molecule has 0 saturated heterocycles. The molecule has 5 heteroatoms. The van der Waals surface area contributed by atoms with Crippen LogP contribution in [0.2, 0.25) is 0 Å². The van der Waals surface area contributed by atoms with Crippen LogP contribution >= 0.6 is 0 Å². The first-order valence-corrected chi connectivity index (χ1v) is 9.56. The first-order chi connectivity index (χ1) is 12.8. The lowest BCUT2D eigenvalue weighted by molar-refractivity contribution is 0.623. The van der Waals surface area contributed by atoms with E-state index in [-0.39, 0.29) is 11.7 Å². The van der Waals surface area contributed by atoms with E-state index >= 15 is 0 Å². The summed E-state index contributed by atoms with van der Waals surface area (Å²) in [6.07, 6.45) is 6.76. The Kier molecular flexibility index (Phi) is 7.34. The zero-order valence-corrected chi connectivity index (χ0v) is 16.7. The number of allylic oxidation sites excluding steroid dienone is 2. The van der Waals surface area contributed by atoms with Crippen LogP contribution < -0.4 is 10.6 Å². The molecule has 1 aromatic carbocycles. The molecule has 0 amide bonds. The molecule has 0 heterocycles. The van der Waals surface area contributed by atoms with Crippen LogP contribution in [0.3, 0.4) is 0 Å². The molecule has 1 aromatic rings. The highest BCUT2D eigenvalue weighted by Gasteiger charge is 2.20. The molecule has 4 N–H and O–H groups in total. The molecule has 1 aliphatic carbocycles. The lowest BCUT2D eigenvalue weighted by Gasteiger charge is -2.18. The Labute approximate surface area is 162 Å². The van der Waals surface area contributed by atoms with Crippen LogP contribution in [0.4, 0.5) is 10.1 Å². The van der Waals surface area contributed by atoms with E-state index in [0.717, 1.165) is 35.0 Å². The average molecular weight is 371 g/mol. The lowest BCUT2D eigenvalue weighted by atomic mass is 10.00. The molecule has 0 bridgehead atoms. The van der Waals surface area contributed by atoms with Crippen LogP contribution in [-0.2, 0) is 0 Å². The predicted molar refractivity (Wildman–Crippen MR) is 112 cm³/mol. The number of benzene rings is 1. The quantitative estimate of drug-likeness (QED) is 0.405. The second kappa shape index (κ2) is 9.49. The maximum Gasteiger partial charge on any atom is 0.123 e. The fourth-order valence-corrected chi connectivity index (χ4v) is 2.86. The van der Waals surface area contributed by atoms with Gasteiger partial charge in [-0.05, 0) is 73.9 Å². The van der Waals surface area contributed by atoms with Crippen LogP contribution in [0.1, 0.15) is 58.4 Å². The van der Waals surface area contributed by atoms with Gasteiger partial charge in [-0.1, -0.05) is 13.8 Å². The van der Waals surface area contributed by atoms with Gasteiger partial charge in [0, 0.05) is 42.0 Å². The highest BCUT2D eigenvalue weighted by atomic mass is 19.1. The second-order valence-corrected chi connectivity index (χ2v) is 7.69. The van der Waals surface area contributed by atoms with Crippen molar-refractivity contribution in [3.8, 4) is 0 Å². The molecule has 1 saturated carbocycles. The van der Waals surface area contributed by atoms with Crippen molar-refractivity contribution in [2.45, 2.75) is 52.9 Å². The molecule has 0 aliphatic heterocycles. The first kappa shape index (κ1) is 20.9. The van der Waals surface area contributed by atoms with E-state index < -0.39 is 0 Å². The number of hydrogen-bond acceptors (Lipinski definition) is 4. The Morgan fingerprint density at radius 2 is 1.96 bits per heavy atom. The van der Waals surface area contributed by atoms with Crippen LogP contribution in [-0.4, -0.2) is 18.0 Å². The number of rotatable bonds is 10. The fourth-order valence-electron chi connectivity index (χ4n) is 2.86. The first-order valence-electron chi connectivity index (χ1n) is 9.56. The maximum atomic E-state index is 13.7. The van der Waals surface area contributed by atoms with Gasteiger partial charge in [0.05, 0.1) is 0 Å². The molecule has 0 aromatic heterocycles. The van der Waals surface area contributed by atoms with E-state index in [9.17, 15) is 4.39 Å². The zero-order chi connectivity index (χ0) is 20.0. The van der Waals surface area contributed by atoms with Gasteiger partial charge in [0.1, 0.15) is 5.82 Å². The van der Waals surface area contributed by atoms with Crippen molar-refractivity contribution in [2.24, 2.45) is 5.92 Å². The van der Waals surface area contributed by atoms with Crippen molar-refractivity contribution in [2.75, 3.05) is 11.9 Å². The van der Waals surface area contributed by atoms with E-state index in [2.05, 4.69) is 10.6 Å². The molecule has 4 nitrogen and oxygen atoms in total. The molecule has 1 fully saturated rings. The smallest absolute Gasteiger partial charge is 0.123 e. The molecular formula is C22H31FN4. The van der Waals surface area contributed by atoms with Crippen molar-refractivity contribution >= 4 is 17.1 Å². The Bertz CT molecular complexity index is 758. The Morgan fingerprint density at radius 1 is 1.26 bits per heavy atom. The average Bonchev–Trinajstić information content (AvgIpc) is 3.38. The van der Waals surface area contributed by atoms with Crippen LogP contribution in [0.5, 0.6) is 0 Å². The molecule has 0 radical (unpaired) electrons. The lowest BCUT2D eigenvalue weighted by Crippen LogP contribution is -2.14. The monoisotopic (exact) mass is 370 g/mol. The van der Waals surface area contributed by atoms with E-state index in [4.69, 9.17) is 10.8 Å². The van der Waals surface area contributed by atoms with Gasteiger partial charge < -0.3 is 21.5 Å². The summed E-state index contributed by atoms with van der Waals surface area (Å²) in [5.74, 6) is 0.682. The minimum atomic E-state index is -0.252. The van der Waals surface area contributed by atoms with Gasteiger partial charge in [0.2, 0.25) is 0 Å². The van der Waals surface area contributed by atoms with Crippen LogP contribution in [0.15, 0.2) is 41.7 Å². The minimum Gasteiger partial charge on any atom is -0.390 e. The standard InChI is InChI=1S/C22H31FN4/c1-14(2)21-11-19(23)7-8-22(21)27-20(9-15(3)24)10-18(16(4)25)13-26-12-17-5-6-17/h7-9,11,13-14,17,24-27H,5-6,10,12H2,1-4H3/b18-13-,20-9-,24-15?,25-16?. The summed E-state index contributed by atoms with van der Waals surface area (Å²) in [4.78, 5) is 0. The van der Waals surface area contributed by atoms with Crippen molar-refractivity contribution in [1.29, 1.82) is 10.8 Å². The van der Waals surface area contributed by atoms with E-state index in [1.54, 1.807) is 32.1 Å². The molecule has 2 rings (SSSR count). The van der Waals surface area contributed by atoms with Crippen molar-refractivity contribution in [3.63, 3.8) is 0 Å². The summed E-state index contributed by atoms with van der Waals surface area (Å²) in [6.45, 7) is 8.50. The summed E-state index contributed by atoms with van der Waals surface area (Å²) in [5, 5.41) is 22.6. The van der Waals surface area contributed by atoms with Crippen molar-refractivity contribution in [1.82, 2.24) is 5.32 Å². The third kappa shape index (κ3) is 7.00. The summed E-state index contributed by atoms with van der Waals surface area (Å²) in [5.41, 5.74) is 4.36. The molecule has 0 unspecified atom stereocenters. The number of hydrogen-bond donors (Lipinski definition) is 4. The normalized spacial score (nSPS) is 15.0. The molecule has 0 spiro atoms. The SMILES string of the molecule is CC(=N)/C=C(/C/C(=C/NCC1CC1)C(C)=N)Nc1ccc(F)cc1C(C)C. The van der Waals surface area contributed by atoms with Gasteiger partial charge >= 0.3 is 0 Å². The molecule has 27 heavy (non-hydrogen) atoms. The van der Waals surface area contributed by atoms with Crippen molar-refractivity contribution in [3.05, 3.63) is 53.1 Å². The van der Waals surface area contributed by atoms with Gasteiger partial charge in [-0.15, -0.1) is 0 Å². The Balaban J connectivity index is 2.21. The molecule has 0 atom stereocenters. The van der Waals surface area contributed by atoms with Gasteiger partial charge in [-0.2, -0.15) is 0 Å². The van der Waals surface area contributed by atoms with Gasteiger partial charge in [-0.25, -0.2) is 4.39 Å². The third-order valence-corrected chi connectivity index (χ3v) is 4.56. The Hall–Kier alpha value is -2.43. The van der Waals surface area contributed by atoms with Gasteiger partial charge in [0.25, 0.3) is 0 Å². The topological polar surface area (TPSA) is 71.8 Å². The number of nitrogens with one attached hydrogen (secondary N) is 4. The van der Waals surface area contributed by atoms with Crippen LogP contribution in [0.25, 0.3) is 0 Å². The fraction of sp³-hybridized carbons (Fsp3) is 0.455. The molecule has 146 valence electrons. The highest BCUT2D eigenvalue weighted by molar-refractivity contribution is 5.97. The predicted octanol–water partition coefficient (Wildman–Crippen LogP) is 5.60. The summed E-state index contributed by atoms with van der Waals surface area (Å²) in [7, 11) is 0. The van der Waals surface area contributed by atoms with E-state index in [0.29, 0.717) is 17.8 Å².